The fraction of sp³-hybridized carbons (Fsp3) is 0.318. The van der Waals surface area contributed by atoms with E-state index in [0.29, 0.717) is 23.3 Å². The number of carbonyl (C=O) groups excluding carboxylic acids is 1. The molecule has 134 valence electrons. The highest BCUT2D eigenvalue weighted by atomic mass is 16.6. The summed E-state index contributed by atoms with van der Waals surface area (Å²) in [5.74, 6) is 1.58. The topological polar surface area (TPSA) is 47.6 Å². The van der Waals surface area contributed by atoms with Gasteiger partial charge in [0.05, 0.1) is 13.2 Å². The number of esters is 1. The fourth-order valence-corrected chi connectivity index (χ4v) is 4.16. The van der Waals surface area contributed by atoms with E-state index in [4.69, 9.17) is 9.47 Å². The first-order valence-corrected chi connectivity index (χ1v) is 8.97. The summed E-state index contributed by atoms with van der Waals surface area (Å²) >= 11 is 0. The lowest BCUT2D eigenvalue weighted by atomic mass is 9.76. The molecule has 2 aromatic rings. The van der Waals surface area contributed by atoms with Crippen molar-refractivity contribution >= 4 is 11.7 Å². The summed E-state index contributed by atoms with van der Waals surface area (Å²) in [4.78, 5) is 11.3. The molecule has 26 heavy (non-hydrogen) atoms. The monoisotopic (exact) mass is 349 g/mol. The van der Waals surface area contributed by atoms with E-state index in [9.17, 15) is 4.79 Å². The van der Waals surface area contributed by atoms with Gasteiger partial charge in [-0.15, -0.1) is 0 Å². The third-order valence-corrected chi connectivity index (χ3v) is 5.32. The van der Waals surface area contributed by atoms with Crippen LogP contribution in [0, 0.1) is 12.8 Å². The van der Waals surface area contributed by atoms with Crippen molar-refractivity contribution in [2.24, 2.45) is 5.92 Å². The molecular weight excluding hydrogens is 326 g/mol. The maximum atomic E-state index is 11.3. The van der Waals surface area contributed by atoms with Gasteiger partial charge in [0.1, 0.15) is 0 Å². The van der Waals surface area contributed by atoms with Crippen molar-refractivity contribution in [3.8, 4) is 11.5 Å². The Kier molecular flexibility index (Phi) is 4.19. The number of hydrogen-bond donors (Lipinski definition) is 1. The van der Waals surface area contributed by atoms with Crippen molar-refractivity contribution in [2.75, 3.05) is 12.4 Å². The standard InChI is InChI=1S/C22H23NO3/c1-13-7-9-19-18(11-13)16-5-4-6-17(16)22(23-19)15-8-10-20(26-14(2)24)21(12-15)25-3/h4-5,7-12,16-17,22-23H,6H2,1-3H3. The SMILES string of the molecule is COc1cc(C2Nc3ccc(C)cc3C3C=CCC32)ccc1OC(C)=O. The van der Waals surface area contributed by atoms with Crippen molar-refractivity contribution in [2.45, 2.75) is 32.2 Å². The minimum Gasteiger partial charge on any atom is -0.493 e. The number of allylic oxidation sites excluding steroid dienone is 2. The number of anilines is 1. The molecule has 0 spiro atoms. The number of methoxy groups -OCH3 is 1. The van der Waals surface area contributed by atoms with Crippen molar-refractivity contribution in [3.05, 3.63) is 65.2 Å². The van der Waals surface area contributed by atoms with Crippen LogP contribution in [0.4, 0.5) is 5.69 Å². The molecule has 1 aliphatic heterocycles. The number of nitrogens with one attached hydrogen (secondary N) is 1. The zero-order valence-electron chi connectivity index (χ0n) is 15.3. The van der Waals surface area contributed by atoms with Crippen molar-refractivity contribution in [1.82, 2.24) is 0 Å². The second kappa shape index (κ2) is 6.52. The van der Waals surface area contributed by atoms with E-state index >= 15 is 0 Å². The van der Waals surface area contributed by atoms with Gasteiger partial charge in [-0.25, -0.2) is 0 Å². The van der Waals surface area contributed by atoms with Gasteiger partial charge in [-0.1, -0.05) is 35.9 Å². The van der Waals surface area contributed by atoms with Gasteiger partial charge in [0.15, 0.2) is 11.5 Å². The van der Waals surface area contributed by atoms with Gasteiger partial charge in [0.2, 0.25) is 0 Å². The summed E-state index contributed by atoms with van der Waals surface area (Å²) < 4.78 is 10.7. The maximum absolute atomic E-state index is 11.3. The molecular formula is C22H23NO3. The molecule has 3 unspecified atom stereocenters. The number of hydrogen-bond acceptors (Lipinski definition) is 4. The number of aryl methyl sites for hydroxylation is 1. The highest BCUT2D eigenvalue weighted by Crippen LogP contribution is 2.50. The Bertz CT molecular complexity index is 887. The van der Waals surface area contributed by atoms with Crippen LogP contribution < -0.4 is 14.8 Å². The highest BCUT2D eigenvalue weighted by Gasteiger charge is 2.38. The molecule has 1 N–H and O–H groups in total. The second-order valence-electron chi connectivity index (χ2n) is 7.07. The molecule has 0 fully saturated rings. The van der Waals surface area contributed by atoms with Gasteiger partial charge in [-0.3, -0.25) is 4.79 Å². The third-order valence-electron chi connectivity index (χ3n) is 5.32. The van der Waals surface area contributed by atoms with Gasteiger partial charge < -0.3 is 14.8 Å². The molecule has 4 heteroatoms. The van der Waals surface area contributed by atoms with Gasteiger partial charge in [-0.05, 0) is 48.6 Å². The molecule has 0 bridgehead atoms. The Balaban J connectivity index is 1.72. The van der Waals surface area contributed by atoms with E-state index in [-0.39, 0.29) is 12.0 Å². The van der Waals surface area contributed by atoms with Crippen molar-refractivity contribution < 1.29 is 14.3 Å². The first-order valence-electron chi connectivity index (χ1n) is 8.97. The number of fused-ring (bicyclic) bond motifs is 3. The van der Waals surface area contributed by atoms with E-state index in [1.54, 1.807) is 7.11 Å². The molecule has 2 aliphatic rings. The minimum atomic E-state index is -0.351. The summed E-state index contributed by atoms with van der Waals surface area (Å²) in [5, 5.41) is 3.72. The fourth-order valence-electron chi connectivity index (χ4n) is 4.16. The van der Waals surface area contributed by atoms with E-state index in [1.807, 2.05) is 18.2 Å². The summed E-state index contributed by atoms with van der Waals surface area (Å²) in [5.41, 5.74) is 5.00. The van der Waals surface area contributed by atoms with Crippen LogP contribution in [-0.4, -0.2) is 13.1 Å². The van der Waals surface area contributed by atoms with Crippen LogP contribution in [0.3, 0.4) is 0 Å². The van der Waals surface area contributed by atoms with Crippen LogP contribution in [0.2, 0.25) is 0 Å². The average Bonchev–Trinajstić information content (AvgIpc) is 3.11. The molecule has 0 amide bonds. The summed E-state index contributed by atoms with van der Waals surface area (Å²) in [6.45, 7) is 3.53. The van der Waals surface area contributed by atoms with E-state index < -0.39 is 0 Å². The third kappa shape index (κ3) is 2.85. The van der Waals surface area contributed by atoms with E-state index in [1.165, 1.54) is 23.7 Å². The molecule has 1 aliphatic carbocycles. The quantitative estimate of drug-likeness (QED) is 0.493. The van der Waals surface area contributed by atoms with Crippen LogP contribution in [0.1, 0.15) is 42.0 Å². The van der Waals surface area contributed by atoms with Crippen LogP contribution in [-0.2, 0) is 4.79 Å². The van der Waals surface area contributed by atoms with Gasteiger partial charge in [-0.2, -0.15) is 0 Å². The van der Waals surface area contributed by atoms with Crippen LogP contribution >= 0.6 is 0 Å². The van der Waals surface area contributed by atoms with Crippen molar-refractivity contribution in [1.29, 1.82) is 0 Å². The van der Waals surface area contributed by atoms with Crippen LogP contribution in [0.25, 0.3) is 0 Å². The zero-order valence-corrected chi connectivity index (χ0v) is 15.3. The van der Waals surface area contributed by atoms with Crippen LogP contribution in [0.15, 0.2) is 48.6 Å². The van der Waals surface area contributed by atoms with Gasteiger partial charge >= 0.3 is 5.97 Å². The first-order chi connectivity index (χ1) is 12.6. The summed E-state index contributed by atoms with van der Waals surface area (Å²) in [6.07, 6.45) is 5.66. The largest absolute Gasteiger partial charge is 0.493 e. The van der Waals surface area contributed by atoms with Crippen LogP contribution in [0.5, 0.6) is 11.5 Å². The molecule has 0 aromatic heterocycles. The summed E-state index contributed by atoms with van der Waals surface area (Å²) in [7, 11) is 1.60. The average molecular weight is 349 g/mol. The number of carbonyl (C=O) groups is 1. The normalized spacial score (nSPS) is 23.0. The Morgan fingerprint density at radius 1 is 1.15 bits per heavy atom. The number of benzene rings is 2. The van der Waals surface area contributed by atoms with Gasteiger partial charge in [0.25, 0.3) is 0 Å². The number of rotatable bonds is 3. The van der Waals surface area contributed by atoms with E-state index in [0.717, 1.165) is 12.0 Å². The maximum Gasteiger partial charge on any atom is 0.308 e. The summed E-state index contributed by atoms with van der Waals surface area (Å²) in [6, 6.07) is 12.6. The lowest BCUT2D eigenvalue weighted by molar-refractivity contribution is -0.132. The van der Waals surface area contributed by atoms with E-state index in [2.05, 4.69) is 42.6 Å². The van der Waals surface area contributed by atoms with Crippen molar-refractivity contribution in [3.63, 3.8) is 0 Å². The Labute approximate surface area is 153 Å². The first kappa shape index (κ1) is 16.7. The predicted octanol–water partition coefficient (Wildman–Crippen LogP) is 4.76. The lowest BCUT2D eigenvalue weighted by Crippen LogP contribution is -2.29. The molecule has 0 saturated heterocycles. The molecule has 4 rings (SSSR count). The Morgan fingerprint density at radius 3 is 2.77 bits per heavy atom. The van der Waals surface area contributed by atoms with Gasteiger partial charge in [0, 0.05) is 18.5 Å². The number of ether oxygens (including phenoxy) is 2. The smallest absolute Gasteiger partial charge is 0.308 e. The molecule has 2 aromatic carbocycles. The molecule has 1 heterocycles. The second-order valence-corrected chi connectivity index (χ2v) is 7.07. The Hall–Kier alpha value is -2.75. The molecule has 0 saturated carbocycles. The zero-order chi connectivity index (χ0) is 18.3. The lowest BCUT2D eigenvalue weighted by Gasteiger charge is -2.37. The molecule has 0 radical (unpaired) electrons. The molecule has 4 nitrogen and oxygen atoms in total. The molecule has 3 atom stereocenters. The Morgan fingerprint density at radius 2 is 2.00 bits per heavy atom. The highest BCUT2D eigenvalue weighted by molar-refractivity contribution is 5.70. The minimum absolute atomic E-state index is 0.186. The predicted molar refractivity (Wildman–Crippen MR) is 102 cm³/mol.